The lowest BCUT2D eigenvalue weighted by molar-refractivity contribution is -0.401. The minimum absolute atomic E-state index is 0.235. The Kier molecular flexibility index (Phi) is 3.30. The van der Waals surface area contributed by atoms with Crippen molar-refractivity contribution in [3.05, 3.63) is 58.3 Å². The normalized spacial score (nSPS) is 10.7. The van der Waals surface area contributed by atoms with Crippen LogP contribution in [0, 0.1) is 10.1 Å². The summed E-state index contributed by atoms with van der Waals surface area (Å²) < 4.78 is 5.22. The molecule has 0 aliphatic heterocycles. The second kappa shape index (κ2) is 5.28. The van der Waals surface area contributed by atoms with Gasteiger partial charge >= 0.3 is 11.9 Å². The third-order valence-corrected chi connectivity index (χ3v) is 3.14. The maximum absolute atomic E-state index is 10.9. The van der Waals surface area contributed by atoms with Gasteiger partial charge in [0.15, 0.2) is 0 Å². The molecular formula is C15H10N2O5. The number of carboxylic acids is 1. The van der Waals surface area contributed by atoms with E-state index in [4.69, 9.17) is 9.52 Å². The quantitative estimate of drug-likeness (QED) is 0.586. The summed E-state index contributed by atoms with van der Waals surface area (Å²) in [6, 6.07) is 11.5. The molecule has 0 aliphatic rings. The van der Waals surface area contributed by atoms with E-state index in [0.29, 0.717) is 22.5 Å². The second-order valence-electron chi connectivity index (χ2n) is 4.64. The first-order valence-electron chi connectivity index (χ1n) is 6.39. The largest absolute Gasteiger partial charge is 0.481 e. The van der Waals surface area contributed by atoms with Crippen LogP contribution in [-0.4, -0.2) is 21.0 Å². The van der Waals surface area contributed by atoms with Gasteiger partial charge in [0, 0.05) is 10.9 Å². The molecule has 0 atom stereocenters. The molecule has 0 radical (unpaired) electrons. The molecule has 0 spiro atoms. The average Bonchev–Trinajstić information content (AvgIpc) is 2.95. The highest BCUT2D eigenvalue weighted by atomic mass is 16.6. The van der Waals surface area contributed by atoms with Crippen molar-refractivity contribution in [3.63, 3.8) is 0 Å². The van der Waals surface area contributed by atoms with Gasteiger partial charge in [-0.1, -0.05) is 18.2 Å². The second-order valence-corrected chi connectivity index (χ2v) is 4.64. The lowest BCUT2D eigenvalue weighted by Gasteiger charge is -2.06. The summed E-state index contributed by atoms with van der Waals surface area (Å²) in [6.07, 6.45) is -0.235. The van der Waals surface area contributed by atoms with Crippen LogP contribution in [0.2, 0.25) is 0 Å². The lowest BCUT2D eigenvalue weighted by atomic mass is 10.0. The van der Waals surface area contributed by atoms with Crippen molar-refractivity contribution in [1.29, 1.82) is 0 Å². The Morgan fingerprint density at radius 1 is 1.27 bits per heavy atom. The van der Waals surface area contributed by atoms with Crippen LogP contribution >= 0.6 is 0 Å². The number of aliphatic carboxylic acids is 1. The fraction of sp³-hybridized carbons (Fsp3) is 0.0667. The summed E-state index contributed by atoms with van der Waals surface area (Å²) in [5, 5.41) is 20.4. The molecule has 0 amide bonds. The first kappa shape index (κ1) is 13.7. The molecule has 2 aromatic heterocycles. The fourth-order valence-corrected chi connectivity index (χ4v) is 2.25. The van der Waals surface area contributed by atoms with Crippen molar-refractivity contribution in [2.75, 3.05) is 0 Å². The number of furan rings is 1. The number of nitrogens with zero attached hydrogens (tertiary/aromatic N) is 2. The summed E-state index contributed by atoms with van der Waals surface area (Å²) in [7, 11) is 0. The monoisotopic (exact) mass is 298 g/mol. The third kappa shape index (κ3) is 2.51. The van der Waals surface area contributed by atoms with Crippen molar-refractivity contribution in [2.45, 2.75) is 6.42 Å². The Morgan fingerprint density at radius 3 is 2.73 bits per heavy atom. The number of carbonyl (C=O) groups is 1. The summed E-state index contributed by atoms with van der Waals surface area (Å²) in [6.45, 7) is 0. The van der Waals surface area contributed by atoms with Gasteiger partial charge < -0.3 is 9.52 Å². The number of pyridine rings is 1. The first-order valence-corrected chi connectivity index (χ1v) is 6.39. The van der Waals surface area contributed by atoms with E-state index in [1.807, 2.05) is 6.07 Å². The number of carboxylic acid groups (broad SMARTS) is 1. The highest BCUT2D eigenvalue weighted by molar-refractivity contribution is 5.93. The van der Waals surface area contributed by atoms with Crippen molar-refractivity contribution in [1.82, 2.24) is 4.98 Å². The van der Waals surface area contributed by atoms with Crippen molar-refractivity contribution in [2.24, 2.45) is 0 Å². The van der Waals surface area contributed by atoms with E-state index in [1.165, 1.54) is 12.1 Å². The molecule has 0 aliphatic carbocycles. The van der Waals surface area contributed by atoms with Gasteiger partial charge in [-0.2, -0.15) is 0 Å². The minimum atomic E-state index is -1.00. The number of benzene rings is 1. The van der Waals surface area contributed by atoms with Crippen molar-refractivity contribution < 1.29 is 19.2 Å². The number of aromatic nitrogens is 1. The Morgan fingerprint density at radius 2 is 2.05 bits per heavy atom. The molecule has 1 aromatic carbocycles. The van der Waals surface area contributed by atoms with Gasteiger partial charge in [-0.3, -0.25) is 19.9 Å². The lowest BCUT2D eigenvalue weighted by Crippen LogP contribution is -2.03. The smallest absolute Gasteiger partial charge is 0.433 e. The van der Waals surface area contributed by atoms with Crippen LogP contribution in [0.15, 0.2) is 46.9 Å². The molecule has 7 nitrogen and oxygen atoms in total. The Bertz CT molecular complexity index is 885. The summed E-state index contributed by atoms with van der Waals surface area (Å²) in [5.41, 5.74) is 1.55. The molecule has 0 bridgehead atoms. The van der Waals surface area contributed by atoms with E-state index in [2.05, 4.69) is 4.98 Å². The maximum Gasteiger partial charge on any atom is 0.433 e. The van der Waals surface area contributed by atoms with E-state index < -0.39 is 10.9 Å². The van der Waals surface area contributed by atoms with Crippen LogP contribution in [0.1, 0.15) is 5.69 Å². The Labute approximate surface area is 124 Å². The Balaban J connectivity index is 2.20. The molecule has 0 saturated carbocycles. The molecule has 2 heterocycles. The standard InChI is InChI=1S/C15H10N2O5/c18-15(19)8-9-7-11(10-3-1-2-4-12(10)16-9)13-5-6-14(22-13)17(20)21/h1-7H,8H2,(H,18,19). The molecule has 3 rings (SSSR count). The maximum atomic E-state index is 10.9. The van der Waals surface area contributed by atoms with E-state index in [9.17, 15) is 14.9 Å². The van der Waals surface area contributed by atoms with Crippen molar-refractivity contribution >= 4 is 22.8 Å². The molecular weight excluding hydrogens is 288 g/mol. The number of fused-ring (bicyclic) bond motifs is 1. The van der Waals surface area contributed by atoms with Crippen LogP contribution in [0.25, 0.3) is 22.2 Å². The average molecular weight is 298 g/mol. The van der Waals surface area contributed by atoms with Gasteiger partial charge in [0.1, 0.15) is 10.7 Å². The zero-order valence-corrected chi connectivity index (χ0v) is 11.2. The Hall–Kier alpha value is -3.22. The summed E-state index contributed by atoms with van der Waals surface area (Å²) in [4.78, 5) is 25.3. The first-order chi connectivity index (χ1) is 10.5. The van der Waals surface area contributed by atoms with Crippen LogP contribution in [0.3, 0.4) is 0 Å². The molecule has 0 fully saturated rings. The zero-order valence-electron chi connectivity index (χ0n) is 11.2. The number of para-hydroxylation sites is 1. The van der Waals surface area contributed by atoms with Crippen LogP contribution in [0.4, 0.5) is 5.88 Å². The molecule has 7 heteroatoms. The fourth-order valence-electron chi connectivity index (χ4n) is 2.25. The topological polar surface area (TPSA) is 106 Å². The van der Waals surface area contributed by atoms with Gasteiger partial charge in [0.25, 0.3) is 0 Å². The number of hydrogen-bond donors (Lipinski definition) is 1. The van der Waals surface area contributed by atoms with E-state index in [0.717, 1.165) is 5.39 Å². The van der Waals surface area contributed by atoms with E-state index >= 15 is 0 Å². The molecule has 110 valence electrons. The van der Waals surface area contributed by atoms with Gasteiger partial charge in [-0.05, 0) is 18.2 Å². The number of nitro groups is 1. The van der Waals surface area contributed by atoms with Crippen LogP contribution < -0.4 is 0 Å². The van der Waals surface area contributed by atoms with Gasteiger partial charge in [0.05, 0.1) is 23.7 Å². The zero-order chi connectivity index (χ0) is 15.7. The molecule has 0 saturated heterocycles. The SMILES string of the molecule is O=C(O)Cc1cc(-c2ccc([N+](=O)[O-])o2)c2ccccc2n1. The van der Waals surface area contributed by atoms with Gasteiger partial charge in [-0.25, -0.2) is 0 Å². The third-order valence-electron chi connectivity index (χ3n) is 3.14. The molecule has 22 heavy (non-hydrogen) atoms. The summed E-state index contributed by atoms with van der Waals surface area (Å²) >= 11 is 0. The van der Waals surface area contributed by atoms with Gasteiger partial charge in [0.2, 0.25) is 0 Å². The molecule has 3 aromatic rings. The highest BCUT2D eigenvalue weighted by Crippen LogP contribution is 2.32. The summed E-state index contributed by atoms with van der Waals surface area (Å²) in [5.74, 6) is -1.06. The minimum Gasteiger partial charge on any atom is -0.481 e. The number of hydrogen-bond acceptors (Lipinski definition) is 5. The number of rotatable bonds is 4. The van der Waals surface area contributed by atoms with Crippen LogP contribution in [-0.2, 0) is 11.2 Å². The highest BCUT2D eigenvalue weighted by Gasteiger charge is 2.16. The molecule has 1 N–H and O–H groups in total. The predicted octanol–water partition coefficient (Wildman–Crippen LogP) is 3.03. The van der Waals surface area contributed by atoms with E-state index in [-0.39, 0.29) is 12.3 Å². The van der Waals surface area contributed by atoms with Crippen molar-refractivity contribution in [3.8, 4) is 11.3 Å². The van der Waals surface area contributed by atoms with E-state index in [1.54, 1.807) is 24.3 Å². The van der Waals surface area contributed by atoms with Gasteiger partial charge in [-0.15, -0.1) is 0 Å². The molecule has 0 unspecified atom stereocenters. The predicted molar refractivity (Wildman–Crippen MR) is 77.4 cm³/mol. The van der Waals surface area contributed by atoms with Crippen LogP contribution in [0.5, 0.6) is 0 Å².